The van der Waals surface area contributed by atoms with Gasteiger partial charge in [-0.2, -0.15) is 0 Å². The lowest BCUT2D eigenvalue weighted by atomic mass is 9.56. The van der Waals surface area contributed by atoms with E-state index in [1.54, 1.807) is 6.07 Å². The van der Waals surface area contributed by atoms with Gasteiger partial charge in [-0.25, -0.2) is 0 Å². The lowest BCUT2D eigenvalue weighted by Gasteiger charge is -2.56. The summed E-state index contributed by atoms with van der Waals surface area (Å²) in [5.41, 5.74) is 3.17. The summed E-state index contributed by atoms with van der Waals surface area (Å²) in [4.78, 5) is 5.90. The molecule has 0 amide bonds. The molecule has 2 atom stereocenters. The van der Waals surface area contributed by atoms with Crippen LogP contribution in [0.5, 0.6) is 5.75 Å². The van der Waals surface area contributed by atoms with Gasteiger partial charge in [0, 0.05) is 52.4 Å². The predicted molar refractivity (Wildman–Crippen MR) is 119 cm³/mol. The number of piperidine rings is 1. The van der Waals surface area contributed by atoms with Crippen molar-refractivity contribution in [2.24, 2.45) is 0 Å². The molecule has 1 aliphatic heterocycles. The third-order valence-electron chi connectivity index (χ3n) is 6.92. The number of phenols is 1. The van der Waals surface area contributed by atoms with E-state index < -0.39 is 11.0 Å². The Morgan fingerprint density at radius 1 is 1.21 bits per heavy atom. The lowest BCUT2D eigenvalue weighted by molar-refractivity contribution is -0.100. The Morgan fingerprint density at radius 2 is 2.07 bits per heavy atom. The molecule has 150 valence electrons. The molecule has 4 nitrogen and oxygen atoms in total. The molecule has 0 unspecified atom stereocenters. The minimum absolute atomic E-state index is 0.249. The van der Waals surface area contributed by atoms with Crippen LogP contribution in [0.2, 0.25) is 0 Å². The first-order chi connectivity index (χ1) is 13.9. The number of nitrogens with one attached hydrogen (secondary N) is 1. The molecule has 0 radical (unpaired) electrons. The fourth-order valence-electron chi connectivity index (χ4n) is 5.55. The van der Waals surface area contributed by atoms with Crippen molar-refractivity contribution >= 4 is 26.8 Å². The van der Waals surface area contributed by atoms with Crippen molar-refractivity contribution in [1.29, 1.82) is 0 Å². The number of aliphatic hydroxyl groups is 1. The Bertz CT molecular complexity index is 1110. The van der Waals surface area contributed by atoms with Gasteiger partial charge >= 0.3 is 0 Å². The average molecular weight is 453 g/mol. The van der Waals surface area contributed by atoms with Crippen LogP contribution in [0.1, 0.15) is 23.2 Å². The van der Waals surface area contributed by atoms with Crippen molar-refractivity contribution < 1.29 is 10.2 Å². The van der Waals surface area contributed by atoms with Gasteiger partial charge in [0.25, 0.3) is 0 Å². The number of hydrogen-bond acceptors (Lipinski definition) is 3. The molecule has 1 fully saturated rings. The second-order valence-electron chi connectivity index (χ2n) is 8.56. The number of fused-ring (bicyclic) bond motifs is 4. The predicted octanol–water partition coefficient (Wildman–Crippen LogP) is 4.30. The van der Waals surface area contributed by atoms with Gasteiger partial charge < -0.3 is 15.2 Å². The maximum Gasteiger partial charge on any atom is 0.115 e. The zero-order chi connectivity index (χ0) is 20.2. The number of hydrogen-bond donors (Lipinski definition) is 3. The molecule has 0 saturated carbocycles. The number of benzene rings is 2. The highest BCUT2D eigenvalue weighted by molar-refractivity contribution is 9.10. The normalized spacial score (nSPS) is 26.8. The van der Waals surface area contributed by atoms with Crippen LogP contribution in [0, 0.1) is 0 Å². The van der Waals surface area contributed by atoms with Crippen LogP contribution in [-0.2, 0) is 18.3 Å². The van der Waals surface area contributed by atoms with Gasteiger partial charge in [-0.3, -0.25) is 4.90 Å². The first kappa shape index (κ1) is 18.9. The van der Waals surface area contributed by atoms with Crippen molar-refractivity contribution in [2.45, 2.75) is 30.3 Å². The summed E-state index contributed by atoms with van der Waals surface area (Å²) in [6.07, 6.45) is 4.06. The largest absolute Gasteiger partial charge is 0.508 e. The molecular formula is C24H25BrN2O2. The van der Waals surface area contributed by atoms with Crippen LogP contribution >= 0.6 is 15.9 Å². The number of aromatic amines is 1. The Labute approximate surface area is 179 Å². The van der Waals surface area contributed by atoms with Crippen molar-refractivity contribution in [3.05, 3.63) is 76.4 Å². The molecule has 0 spiro atoms. The van der Waals surface area contributed by atoms with Crippen LogP contribution < -0.4 is 0 Å². The molecule has 1 aromatic heterocycles. The van der Waals surface area contributed by atoms with Gasteiger partial charge in [0.2, 0.25) is 0 Å². The van der Waals surface area contributed by atoms with Gasteiger partial charge in [0.1, 0.15) is 5.75 Å². The Hall–Kier alpha value is -2.08. The Morgan fingerprint density at radius 3 is 2.86 bits per heavy atom. The molecule has 3 N–H and O–H groups in total. The minimum atomic E-state index is -0.919. The summed E-state index contributed by atoms with van der Waals surface area (Å²) in [5.74, 6) is 0.249. The molecule has 5 heteroatoms. The number of β-amino-alcohol motifs (C(OH)–C–C–N with tert-alkyl or cyclic N) is 1. The number of likely N-dealkylation sites (tertiary alicyclic amines) is 1. The number of halogens is 1. The zero-order valence-electron chi connectivity index (χ0n) is 16.3. The molecule has 2 aliphatic rings. The van der Waals surface area contributed by atoms with Crippen LogP contribution in [0.15, 0.2) is 59.6 Å². The van der Waals surface area contributed by atoms with Crippen molar-refractivity contribution in [1.82, 2.24) is 9.88 Å². The highest BCUT2D eigenvalue weighted by Crippen LogP contribution is 2.51. The monoisotopic (exact) mass is 452 g/mol. The van der Waals surface area contributed by atoms with E-state index in [2.05, 4.69) is 56.7 Å². The smallest absolute Gasteiger partial charge is 0.115 e. The van der Waals surface area contributed by atoms with Gasteiger partial charge in [-0.05, 0) is 48.4 Å². The second-order valence-corrected chi connectivity index (χ2v) is 9.48. The standard InChI is InChI=1S/C24H25BrN2O2/c1-2-9-27-10-8-23(16-4-3-5-18(28)11-16)14-22-20(13-24(23,29)15-27)19-7-6-17(25)12-21(19)26-22/h2-7,11-12,26,28-29H,1,8-10,13-15H2/t23-,24-/m0/s1. The van der Waals surface area contributed by atoms with E-state index in [0.717, 1.165) is 41.5 Å². The summed E-state index contributed by atoms with van der Waals surface area (Å²) in [6.45, 7) is 6.14. The SMILES string of the molecule is C=CCN1CC[C@@]2(c3cccc(O)c3)Cc3[nH]c4cc(Br)ccc4c3C[C@]2(O)C1. The third kappa shape index (κ3) is 2.87. The molecule has 0 bridgehead atoms. The highest BCUT2D eigenvalue weighted by Gasteiger charge is 2.57. The fraction of sp³-hybridized carbons (Fsp3) is 0.333. The van der Waals surface area contributed by atoms with E-state index in [4.69, 9.17) is 0 Å². The van der Waals surface area contributed by atoms with E-state index in [9.17, 15) is 10.2 Å². The quantitative estimate of drug-likeness (QED) is 0.519. The molecule has 3 aromatic rings. The lowest BCUT2D eigenvalue weighted by Crippen LogP contribution is -2.66. The molecule has 1 aliphatic carbocycles. The van der Waals surface area contributed by atoms with Gasteiger partial charge in [-0.15, -0.1) is 6.58 Å². The first-order valence-electron chi connectivity index (χ1n) is 10.1. The van der Waals surface area contributed by atoms with E-state index in [1.165, 1.54) is 16.6 Å². The van der Waals surface area contributed by atoms with Crippen molar-refractivity contribution in [2.75, 3.05) is 19.6 Å². The van der Waals surface area contributed by atoms with Crippen LogP contribution in [0.3, 0.4) is 0 Å². The second kappa shape index (κ2) is 6.73. The van der Waals surface area contributed by atoms with E-state index in [0.29, 0.717) is 13.0 Å². The fourth-order valence-corrected chi connectivity index (χ4v) is 5.91. The Kier molecular flexibility index (Phi) is 4.39. The van der Waals surface area contributed by atoms with E-state index >= 15 is 0 Å². The first-order valence-corrected chi connectivity index (χ1v) is 10.9. The summed E-state index contributed by atoms with van der Waals surface area (Å²) >= 11 is 3.56. The van der Waals surface area contributed by atoms with Crippen LogP contribution in [0.25, 0.3) is 10.9 Å². The number of aromatic hydroxyl groups is 1. The van der Waals surface area contributed by atoms with Crippen molar-refractivity contribution in [3.63, 3.8) is 0 Å². The molecule has 2 heterocycles. The van der Waals surface area contributed by atoms with Crippen molar-refractivity contribution in [3.8, 4) is 5.75 Å². The number of aromatic nitrogens is 1. The summed E-state index contributed by atoms with van der Waals surface area (Å²) < 4.78 is 1.04. The topological polar surface area (TPSA) is 59.5 Å². The number of phenolic OH excluding ortho intramolecular Hbond substituents is 1. The summed E-state index contributed by atoms with van der Waals surface area (Å²) in [5, 5.41) is 23.5. The van der Waals surface area contributed by atoms with E-state index in [1.807, 2.05) is 18.2 Å². The number of nitrogens with zero attached hydrogens (tertiary/aromatic N) is 1. The molecule has 5 rings (SSSR count). The highest BCUT2D eigenvalue weighted by atomic mass is 79.9. The molecule has 29 heavy (non-hydrogen) atoms. The summed E-state index contributed by atoms with van der Waals surface area (Å²) in [7, 11) is 0. The minimum Gasteiger partial charge on any atom is -0.508 e. The molecular weight excluding hydrogens is 428 g/mol. The molecule has 1 saturated heterocycles. The van der Waals surface area contributed by atoms with Gasteiger partial charge in [0.15, 0.2) is 0 Å². The van der Waals surface area contributed by atoms with Crippen LogP contribution in [-0.4, -0.2) is 45.3 Å². The molecule has 2 aromatic carbocycles. The maximum atomic E-state index is 12.2. The van der Waals surface area contributed by atoms with Crippen LogP contribution in [0.4, 0.5) is 0 Å². The zero-order valence-corrected chi connectivity index (χ0v) is 17.9. The van der Waals surface area contributed by atoms with E-state index in [-0.39, 0.29) is 5.75 Å². The number of rotatable bonds is 3. The Balaban J connectivity index is 1.69. The third-order valence-corrected chi connectivity index (χ3v) is 7.41. The van der Waals surface area contributed by atoms with Gasteiger partial charge in [0.05, 0.1) is 5.60 Å². The number of H-pyrrole nitrogens is 1. The van der Waals surface area contributed by atoms with Gasteiger partial charge in [-0.1, -0.05) is 40.2 Å². The maximum absolute atomic E-state index is 12.2. The summed E-state index contributed by atoms with van der Waals surface area (Å²) in [6, 6.07) is 13.8. The average Bonchev–Trinajstić information content (AvgIpc) is 3.01.